The molecule has 7 rings (SSSR count). The molecular weight excluding hydrogens is 487 g/mol. The summed E-state index contributed by atoms with van der Waals surface area (Å²) in [5.74, 6) is -0.286. The maximum Gasteiger partial charge on any atom is 0.227 e. The molecule has 186 valence electrons. The van der Waals surface area contributed by atoms with Gasteiger partial charge in [-0.15, -0.1) is 0 Å². The van der Waals surface area contributed by atoms with Gasteiger partial charge in [-0.1, -0.05) is 6.42 Å². The Morgan fingerprint density at radius 2 is 1.95 bits per heavy atom. The van der Waals surface area contributed by atoms with Gasteiger partial charge in [0.05, 0.1) is 47.0 Å². The van der Waals surface area contributed by atoms with Crippen LogP contribution in [0.1, 0.15) is 19.3 Å². The normalized spacial score (nSPS) is 13.6. The number of hydrogen-bond acceptors (Lipinski definition) is 8. The quantitative estimate of drug-likeness (QED) is 0.327. The molecule has 6 aromatic heterocycles. The zero-order chi connectivity index (χ0) is 25.6. The first kappa shape index (κ1) is 22.2. The molecule has 0 radical (unpaired) electrons. The second kappa shape index (κ2) is 8.80. The molecule has 6 aromatic rings. The van der Waals surface area contributed by atoms with Crippen molar-refractivity contribution in [3.63, 3.8) is 0 Å². The number of halogens is 1. The second-order valence-electron chi connectivity index (χ2n) is 9.14. The number of aromatic amines is 1. The predicted molar refractivity (Wildman–Crippen MR) is 137 cm³/mol. The van der Waals surface area contributed by atoms with Gasteiger partial charge in [0.25, 0.3) is 0 Å². The number of amides is 1. The number of anilines is 1. The van der Waals surface area contributed by atoms with E-state index in [1.165, 1.54) is 24.9 Å². The van der Waals surface area contributed by atoms with Gasteiger partial charge in [-0.05, 0) is 31.0 Å². The van der Waals surface area contributed by atoms with Crippen molar-refractivity contribution in [2.75, 3.05) is 5.32 Å². The summed E-state index contributed by atoms with van der Waals surface area (Å²) in [4.78, 5) is 41.9. The highest BCUT2D eigenvalue weighted by Gasteiger charge is 2.25. The summed E-state index contributed by atoms with van der Waals surface area (Å²) in [5.41, 5.74) is 4.31. The molecule has 38 heavy (non-hydrogen) atoms. The van der Waals surface area contributed by atoms with Crippen molar-refractivity contribution in [3.05, 3.63) is 67.7 Å². The Bertz CT molecular complexity index is 1830. The predicted octanol–water partition coefficient (Wildman–Crippen LogP) is 5.16. The molecule has 0 saturated heterocycles. The van der Waals surface area contributed by atoms with E-state index in [9.17, 15) is 4.79 Å². The van der Waals surface area contributed by atoms with E-state index >= 15 is 4.39 Å². The molecule has 2 N–H and O–H groups in total. The molecule has 0 aliphatic heterocycles. The summed E-state index contributed by atoms with van der Waals surface area (Å²) >= 11 is 0. The third-order valence-corrected chi connectivity index (χ3v) is 6.79. The maximum atomic E-state index is 16.1. The molecule has 1 fully saturated rings. The summed E-state index contributed by atoms with van der Waals surface area (Å²) in [6.45, 7) is 0. The minimum Gasteiger partial charge on any atom is -0.472 e. The number of nitrogens with zero attached hydrogens (tertiary/aromatic N) is 6. The van der Waals surface area contributed by atoms with E-state index in [2.05, 4.69) is 35.2 Å². The fourth-order valence-electron chi connectivity index (χ4n) is 4.61. The lowest BCUT2D eigenvalue weighted by atomic mass is 9.85. The largest absolute Gasteiger partial charge is 0.472 e. The topological polar surface area (TPSA) is 135 Å². The van der Waals surface area contributed by atoms with Crippen LogP contribution in [0.4, 0.5) is 10.1 Å². The molecule has 1 saturated carbocycles. The van der Waals surface area contributed by atoms with E-state index in [4.69, 9.17) is 9.40 Å². The molecule has 0 bridgehead atoms. The summed E-state index contributed by atoms with van der Waals surface area (Å²) in [6, 6.07) is 5.25. The Balaban J connectivity index is 1.33. The number of hydrogen-bond donors (Lipinski definition) is 2. The third kappa shape index (κ3) is 3.67. The van der Waals surface area contributed by atoms with Crippen LogP contribution in [0.2, 0.25) is 0 Å². The fraction of sp³-hybridized carbons (Fsp3) is 0.148. The molecule has 0 spiro atoms. The van der Waals surface area contributed by atoms with Crippen LogP contribution in [-0.4, -0.2) is 40.8 Å². The zero-order valence-corrected chi connectivity index (χ0v) is 19.8. The molecule has 0 unspecified atom stereocenters. The highest BCUT2D eigenvalue weighted by atomic mass is 19.1. The number of nitrogens with one attached hydrogen (secondary N) is 2. The third-order valence-electron chi connectivity index (χ3n) is 6.79. The van der Waals surface area contributed by atoms with Gasteiger partial charge in [0.15, 0.2) is 11.6 Å². The van der Waals surface area contributed by atoms with Crippen LogP contribution in [0.3, 0.4) is 0 Å². The minimum atomic E-state index is -0.615. The number of H-pyrrole nitrogens is 1. The molecule has 10 nitrogen and oxygen atoms in total. The van der Waals surface area contributed by atoms with Crippen molar-refractivity contribution in [2.45, 2.75) is 19.3 Å². The van der Waals surface area contributed by atoms with Crippen LogP contribution in [0.15, 0.2) is 66.3 Å². The Morgan fingerprint density at radius 3 is 2.76 bits per heavy atom. The second-order valence-corrected chi connectivity index (χ2v) is 9.14. The van der Waals surface area contributed by atoms with E-state index in [0.717, 1.165) is 24.8 Å². The number of carbonyl (C=O) groups is 1. The monoisotopic (exact) mass is 506 g/mol. The van der Waals surface area contributed by atoms with E-state index in [0.29, 0.717) is 39.3 Å². The Labute approximate surface area is 214 Å². The van der Waals surface area contributed by atoms with E-state index in [1.54, 1.807) is 36.9 Å². The molecule has 11 heteroatoms. The van der Waals surface area contributed by atoms with Gasteiger partial charge in [-0.2, -0.15) is 0 Å². The van der Waals surface area contributed by atoms with Gasteiger partial charge in [-0.3, -0.25) is 19.7 Å². The number of pyridine rings is 3. The number of imidazole rings is 1. The molecule has 0 aromatic carbocycles. The van der Waals surface area contributed by atoms with Gasteiger partial charge in [0.1, 0.15) is 28.9 Å². The standard InChI is InChI=1S/C27H19FN8O2/c28-21-20-19(11-31-22(21)16-8-17(10-29-9-16)34-27(37)14-2-1-3-14)32-13-33-25(20)26-35-18-4-6-30-23(24(18)36-26)15-5-7-38-12-15/h4-14H,1-3H2,(H,34,37)(H,35,36). The van der Waals surface area contributed by atoms with Gasteiger partial charge in [0.2, 0.25) is 5.91 Å². The number of aromatic nitrogens is 7. The first-order chi connectivity index (χ1) is 18.7. The van der Waals surface area contributed by atoms with E-state index < -0.39 is 5.82 Å². The van der Waals surface area contributed by atoms with Gasteiger partial charge in [-0.25, -0.2) is 19.3 Å². The fourth-order valence-corrected chi connectivity index (χ4v) is 4.61. The number of rotatable bonds is 5. The van der Waals surface area contributed by atoms with Crippen LogP contribution in [0.25, 0.3) is 56.0 Å². The number of carbonyl (C=O) groups excluding carboxylic acids is 1. The molecule has 0 atom stereocenters. The van der Waals surface area contributed by atoms with Gasteiger partial charge in [0, 0.05) is 29.4 Å². The summed E-state index contributed by atoms with van der Waals surface area (Å²) in [5, 5.41) is 3.04. The van der Waals surface area contributed by atoms with E-state index in [1.807, 2.05) is 0 Å². The van der Waals surface area contributed by atoms with Gasteiger partial charge < -0.3 is 14.7 Å². The summed E-state index contributed by atoms with van der Waals surface area (Å²) in [6.07, 6.45) is 13.5. The van der Waals surface area contributed by atoms with Crippen molar-refractivity contribution < 1.29 is 13.6 Å². The maximum absolute atomic E-state index is 16.1. The van der Waals surface area contributed by atoms with Crippen molar-refractivity contribution >= 4 is 33.5 Å². The van der Waals surface area contributed by atoms with Crippen LogP contribution in [-0.2, 0) is 4.79 Å². The SMILES string of the molecule is O=C(Nc1cncc(-c2ncc3ncnc(-c4nc5c(-c6ccoc6)nccc5[nH]4)c3c2F)c1)C1CCC1. The molecule has 1 aliphatic carbocycles. The van der Waals surface area contributed by atoms with Crippen LogP contribution in [0, 0.1) is 11.7 Å². The average molecular weight is 507 g/mol. The first-order valence-corrected chi connectivity index (χ1v) is 12.1. The zero-order valence-electron chi connectivity index (χ0n) is 19.8. The summed E-state index contributed by atoms with van der Waals surface area (Å²) < 4.78 is 21.3. The van der Waals surface area contributed by atoms with Crippen molar-refractivity contribution in [1.82, 2.24) is 34.9 Å². The van der Waals surface area contributed by atoms with Gasteiger partial charge >= 0.3 is 0 Å². The summed E-state index contributed by atoms with van der Waals surface area (Å²) in [7, 11) is 0. The smallest absolute Gasteiger partial charge is 0.227 e. The first-order valence-electron chi connectivity index (χ1n) is 12.1. The Kier molecular flexibility index (Phi) is 5.13. The van der Waals surface area contributed by atoms with Crippen molar-refractivity contribution in [3.8, 4) is 34.0 Å². The van der Waals surface area contributed by atoms with Crippen LogP contribution in [0.5, 0.6) is 0 Å². The molecule has 1 aliphatic rings. The lowest BCUT2D eigenvalue weighted by molar-refractivity contribution is -0.122. The average Bonchev–Trinajstić information content (AvgIpc) is 3.58. The number of furan rings is 1. The minimum absolute atomic E-state index is 0.0157. The lowest BCUT2D eigenvalue weighted by Gasteiger charge is -2.24. The van der Waals surface area contributed by atoms with E-state index in [-0.39, 0.29) is 28.6 Å². The number of fused-ring (bicyclic) bond motifs is 2. The molecule has 1 amide bonds. The Hall–Kier alpha value is -5.06. The van der Waals surface area contributed by atoms with Crippen LogP contribution >= 0.6 is 0 Å². The van der Waals surface area contributed by atoms with Crippen molar-refractivity contribution in [1.29, 1.82) is 0 Å². The van der Waals surface area contributed by atoms with Crippen molar-refractivity contribution in [2.24, 2.45) is 5.92 Å². The molecule has 6 heterocycles. The molecular formula is C27H19FN8O2. The Morgan fingerprint density at radius 1 is 1.03 bits per heavy atom. The highest BCUT2D eigenvalue weighted by molar-refractivity contribution is 5.97. The van der Waals surface area contributed by atoms with Crippen LogP contribution < -0.4 is 5.32 Å². The lowest BCUT2D eigenvalue weighted by Crippen LogP contribution is -2.28. The highest BCUT2D eigenvalue weighted by Crippen LogP contribution is 2.34.